The Morgan fingerprint density at radius 1 is 1.16 bits per heavy atom. The average Bonchev–Trinajstić information content (AvgIpc) is 3.30. The molecular weight excluding hydrogens is 484 g/mol. The van der Waals surface area contributed by atoms with Crippen LogP contribution < -0.4 is 5.32 Å². The summed E-state index contributed by atoms with van der Waals surface area (Å²) in [5.74, 6) is -0.949. The van der Waals surface area contributed by atoms with Crippen molar-refractivity contribution in [1.29, 1.82) is 0 Å². The number of aromatic nitrogens is 5. The SMILES string of the molecule is COC(=O)c1nc(-c2cncc3c2ncn3C)c(C(F)F)nc1Nc1ccc(CN2CCOCC2)cc1. The molecule has 4 heterocycles. The molecule has 0 amide bonds. The molecule has 0 bridgehead atoms. The maximum absolute atomic E-state index is 14.2. The summed E-state index contributed by atoms with van der Waals surface area (Å²) < 4.78 is 40.4. The van der Waals surface area contributed by atoms with Crippen molar-refractivity contribution in [2.24, 2.45) is 7.05 Å². The Morgan fingerprint density at radius 2 is 1.92 bits per heavy atom. The molecule has 37 heavy (non-hydrogen) atoms. The third-order valence-corrected chi connectivity index (χ3v) is 6.13. The van der Waals surface area contributed by atoms with Gasteiger partial charge in [-0.25, -0.2) is 28.5 Å². The standard InChI is InChI=1S/C25H25F2N7O3/c1-33-14-29-19-17(11-28-12-18(19)33)20-21(23(26)27)32-24(22(31-20)25(35)36-2)30-16-5-3-15(4-6-16)13-34-7-9-37-10-8-34/h3-6,11-12,14,23H,7-10,13H2,1-2H3,(H,30,32). The summed E-state index contributed by atoms with van der Waals surface area (Å²) in [4.78, 5) is 31.8. The molecule has 5 rings (SSSR count). The number of esters is 1. The number of pyridine rings is 1. The highest BCUT2D eigenvalue weighted by Crippen LogP contribution is 2.34. The number of imidazole rings is 1. The number of benzene rings is 1. The van der Waals surface area contributed by atoms with E-state index in [-0.39, 0.29) is 22.8 Å². The van der Waals surface area contributed by atoms with Gasteiger partial charge in [0.15, 0.2) is 11.5 Å². The van der Waals surface area contributed by atoms with Gasteiger partial charge in [0.05, 0.1) is 38.4 Å². The predicted octanol–water partition coefficient (Wildman–Crippen LogP) is 3.73. The van der Waals surface area contributed by atoms with Gasteiger partial charge in [0.2, 0.25) is 0 Å². The molecule has 3 aromatic heterocycles. The largest absolute Gasteiger partial charge is 0.464 e. The van der Waals surface area contributed by atoms with Crippen LogP contribution in [0, 0.1) is 0 Å². The summed E-state index contributed by atoms with van der Waals surface area (Å²) >= 11 is 0. The molecule has 10 nitrogen and oxygen atoms in total. The zero-order valence-corrected chi connectivity index (χ0v) is 20.3. The van der Waals surface area contributed by atoms with E-state index in [1.165, 1.54) is 13.3 Å². The van der Waals surface area contributed by atoms with Crippen molar-refractivity contribution in [2.45, 2.75) is 13.0 Å². The predicted molar refractivity (Wildman–Crippen MR) is 132 cm³/mol. The number of hydrogen-bond donors (Lipinski definition) is 1. The summed E-state index contributed by atoms with van der Waals surface area (Å²) in [6.07, 6.45) is 1.53. The van der Waals surface area contributed by atoms with Crippen LogP contribution in [0.15, 0.2) is 43.0 Å². The second-order valence-corrected chi connectivity index (χ2v) is 8.57. The number of aryl methyl sites for hydroxylation is 1. The molecule has 192 valence electrons. The number of halogens is 2. The van der Waals surface area contributed by atoms with Crippen LogP contribution >= 0.6 is 0 Å². The number of alkyl halides is 2. The molecule has 1 aliphatic rings. The van der Waals surface area contributed by atoms with Crippen LogP contribution in [-0.2, 0) is 23.1 Å². The molecule has 0 radical (unpaired) electrons. The van der Waals surface area contributed by atoms with Crippen molar-refractivity contribution in [3.8, 4) is 11.3 Å². The quantitative estimate of drug-likeness (QED) is 0.373. The van der Waals surface area contributed by atoms with Gasteiger partial charge in [0.1, 0.15) is 16.9 Å². The number of nitrogens with zero attached hydrogens (tertiary/aromatic N) is 6. The van der Waals surface area contributed by atoms with Crippen LogP contribution in [0.4, 0.5) is 20.3 Å². The van der Waals surface area contributed by atoms with E-state index in [4.69, 9.17) is 9.47 Å². The lowest BCUT2D eigenvalue weighted by Crippen LogP contribution is -2.35. The molecule has 4 aromatic rings. The number of fused-ring (bicyclic) bond motifs is 1. The molecule has 0 atom stereocenters. The second kappa shape index (κ2) is 10.5. The van der Waals surface area contributed by atoms with Crippen molar-refractivity contribution >= 4 is 28.5 Å². The zero-order valence-electron chi connectivity index (χ0n) is 20.3. The normalized spacial score (nSPS) is 14.3. The first-order valence-electron chi connectivity index (χ1n) is 11.6. The molecule has 1 saturated heterocycles. The van der Waals surface area contributed by atoms with Crippen molar-refractivity contribution in [3.63, 3.8) is 0 Å². The van der Waals surface area contributed by atoms with E-state index in [9.17, 15) is 13.6 Å². The fraction of sp³-hybridized carbons (Fsp3) is 0.320. The van der Waals surface area contributed by atoms with E-state index in [1.807, 2.05) is 12.1 Å². The minimum absolute atomic E-state index is 0.131. The van der Waals surface area contributed by atoms with Crippen LogP contribution in [0.5, 0.6) is 0 Å². The molecule has 0 aliphatic carbocycles. The van der Waals surface area contributed by atoms with Gasteiger partial charge in [-0.15, -0.1) is 0 Å². The smallest absolute Gasteiger partial charge is 0.360 e. The number of hydrogen-bond acceptors (Lipinski definition) is 9. The monoisotopic (exact) mass is 509 g/mol. The first-order chi connectivity index (χ1) is 17.9. The maximum atomic E-state index is 14.2. The van der Waals surface area contributed by atoms with Crippen LogP contribution in [0.25, 0.3) is 22.3 Å². The number of ether oxygens (including phenoxy) is 2. The minimum Gasteiger partial charge on any atom is -0.464 e. The highest BCUT2D eigenvalue weighted by Gasteiger charge is 2.27. The lowest BCUT2D eigenvalue weighted by molar-refractivity contribution is 0.0342. The Bertz CT molecular complexity index is 1420. The molecule has 1 aromatic carbocycles. The Balaban J connectivity index is 1.51. The Morgan fingerprint density at radius 3 is 2.62 bits per heavy atom. The van der Waals surface area contributed by atoms with E-state index < -0.39 is 18.1 Å². The van der Waals surface area contributed by atoms with Crippen LogP contribution in [0.3, 0.4) is 0 Å². The molecule has 0 saturated carbocycles. The third kappa shape index (κ3) is 5.11. The van der Waals surface area contributed by atoms with E-state index in [1.54, 1.807) is 36.3 Å². The Kier molecular flexibility index (Phi) is 7.01. The summed E-state index contributed by atoms with van der Waals surface area (Å²) in [5, 5.41) is 2.96. The second-order valence-electron chi connectivity index (χ2n) is 8.57. The van der Waals surface area contributed by atoms with Gasteiger partial charge in [0, 0.05) is 44.1 Å². The summed E-state index contributed by atoms with van der Waals surface area (Å²) in [6, 6.07) is 7.46. The number of nitrogens with one attached hydrogen (secondary N) is 1. The van der Waals surface area contributed by atoms with Crippen LogP contribution in [-0.4, -0.2) is 68.8 Å². The van der Waals surface area contributed by atoms with E-state index in [0.717, 1.165) is 25.2 Å². The van der Waals surface area contributed by atoms with Gasteiger partial charge in [-0.1, -0.05) is 12.1 Å². The summed E-state index contributed by atoms with van der Waals surface area (Å²) in [6.45, 7) is 3.92. The molecule has 0 spiro atoms. The fourth-order valence-electron chi connectivity index (χ4n) is 4.19. The molecule has 0 unspecified atom stereocenters. The highest BCUT2D eigenvalue weighted by atomic mass is 19.3. The number of methoxy groups -OCH3 is 1. The van der Waals surface area contributed by atoms with Gasteiger partial charge in [-0.05, 0) is 17.7 Å². The van der Waals surface area contributed by atoms with Gasteiger partial charge in [-0.3, -0.25) is 9.88 Å². The van der Waals surface area contributed by atoms with Gasteiger partial charge < -0.3 is 19.4 Å². The van der Waals surface area contributed by atoms with Gasteiger partial charge in [-0.2, -0.15) is 0 Å². The van der Waals surface area contributed by atoms with E-state index in [0.29, 0.717) is 29.9 Å². The Labute approximate surface area is 211 Å². The molecule has 1 N–H and O–H groups in total. The minimum atomic E-state index is -2.97. The number of rotatable bonds is 7. The number of carbonyl (C=O) groups excluding carboxylic acids is 1. The molecular formula is C25H25F2N7O3. The summed E-state index contributed by atoms with van der Waals surface area (Å²) in [5.41, 5.74) is 1.92. The lowest BCUT2D eigenvalue weighted by Gasteiger charge is -2.26. The van der Waals surface area contributed by atoms with Crippen LogP contribution in [0.2, 0.25) is 0 Å². The summed E-state index contributed by atoms with van der Waals surface area (Å²) in [7, 11) is 2.95. The van der Waals surface area contributed by atoms with Gasteiger partial charge in [0.25, 0.3) is 6.43 Å². The van der Waals surface area contributed by atoms with Gasteiger partial charge >= 0.3 is 5.97 Å². The number of morpholine rings is 1. The van der Waals surface area contributed by atoms with E-state index in [2.05, 4.69) is 30.2 Å². The topological polar surface area (TPSA) is 107 Å². The average molecular weight is 510 g/mol. The highest BCUT2D eigenvalue weighted by molar-refractivity contribution is 5.96. The van der Waals surface area contributed by atoms with Crippen molar-refractivity contribution in [3.05, 3.63) is 59.9 Å². The first-order valence-corrected chi connectivity index (χ1v) is 11.6. The van der Waals surface area contributed by atoms with Crippen molar-refractivity contribution < 1.29 is 23.0 Å². The molecule has 12 heteroatoms. The van der Waals surface area contributed by atoms with Crippen molar-refractivity contribution in [2.75, 3.05) is 38.7 Å². The third-order valence-electron chi connectivity index (χ3n) is 6.13. The molecule has 1 fully saturated rings. The Hall–Kier alpha value is -4.03. The lowest BCUT2D eigenvalue weighted by atomic mass is 10.1. The fourth-order valence-corrected chi connectivity index (χ4v) is 4.19. The van der Waals surface area contributed by atoms with Crippen molar-refractivity contribution in [1.82, 2.24) is 29.4 Å². The van der Waals surface area contributed by atoms with E-state index >= 15 is 0 Å². The maximum Gasteiger partial charge on any atom is 0.360 e. The van der Waals surface area contributed by atoms with Crippen LogP contribution in [0.1, 0.15) is 28.2 Å². The molecule has 1 aliphatic heterocycles. The number of anilines is 2. The number of carbonyl (C=O) groups is 1. The zero-order chi connectivity index (χ0) is 25.9. The first kappa shape index (κ1) is 24.7.